The first-order valence-electron chi connectivity index (χ1n) is 10.0. The van der Waals surface area contributed by atoms with Crippen molar-refractivity contribution in [3.63, 3.8) is 0 Å². The first-order chi connectivity index (χ1) is 12.9. The summed E-state index contributed by atoms with van der Waals surface area (Å²) in [5, 5.41) is 6.02. The molecule has 1 aliphatic heterocycles. The van der Waals surface area contributed by atoms with Crippen LogP contribution >= 0.6 is 0 Å². The number of piperidine rings is 1. The molecule has 1 unspecified atom stereocenters. The Kier molecular flexibility index (Phi) is 8.10. The number of ether oxygens (including phenoxy) is 1. The van der Waals surface area contributed by atoms with Crippen LogP contribution in [0, 0.1) is 5.92 Å². The quantitative estimate of drug-likeness (QED) is 0.732. The predicted molar refractivity (Wildman–Crippen MR) is 107 cm³/mol. The van der Waals surface area contributed by atoms with E-state index in [4.69, 9.17) is 4.74 Å². The zero-order chi connectivity index (χ0) is 19.8. The predicted octanol–water partition coefficient (Wildman–Crippen LogP) is 2.44. The van der Waals surface area contributed by atoms with Gasteiger partial charge in [0, 0.05) is 24.7 Å². The van der Waals surface area contributed by atoms with Gasteiger partial charge in [-0.15, -0.1) is 0 Å². The second-order valence-corrected chi connectivity index (χ2v) is 7.37. The highest BCUT2D eigenvalue weighted by molar-refractivity contribution is 5.97. The molecule has 1 saturated heterocycles. The molecule has 0 saturated carbocycles. The molecule has 1 aromatic rings. The maximum absolute atomic E-state index is 12.8. The number of likely N-dealkylation sites (tertiary alicyclic amines) is 1. The number of nitrogens with zero attached hydrogens (tertiary/aromatic N) is 1. The Labute approximate surface area is 162 Å². The molecular weight excluding hydrogens is 342 g/mol. The summed E-state index contributed by atoms with van der Waals surface area (Å²) in [6, 6.07) is 6.61. The molecule has 2 rings (SSSR count). The minimum absolute atomic E-state index is 0.00683. The Morgan fingerprint density at radius 3 is 2.30 bits per heavy atom. The molecule has 6 nitrogen and oxygen atoms in total. The first-order valence-corrected chi connectivity index (χ1v) is 10.0. The van der Waals surface area contributed by atoms with E-state index in [2.05, 4.69) is 22.5 Å². The van der Waals surface area contributed by atoms with Crippen molar-refractivity contribution in [3.05, 3.63) is 29.8 Å². The number of carbonyl (C=O) groups excluding carboxylic acids is 2. The van der Waals surface area contributed by atoms with Crippen molar-refractivity contribution in [2.24, 2.45) is 5.92 Å². The lowest BCUT2D eigenvalue weighted by molar-refractivity contribution is -0.125. The van der Waals surface area contributed by atoms with Crippen LogP contribution in [0.5, 0.6) is 5.75 Å². The Hall–Kier alpha value is -2.08. The number of carbonyl (C=O) groups is 2. The van der Waals surface area contributed by atoms with Gasteiger partial charge in [0.25, 0.3) is 5.91 Å². The fraction of sp³-hybridized carbons (Fsp3) is 0.619. The molecule has 1 aliphatic rings. The second kappa shape index (κ2) is 10.3. The van der Waals surface area contributed by atoms with Crippen molar-refractivity contribution >= 4 is 11.8 Å². The number of rotatable bonds is 8. The molecule has 0 aromatic heterocycles. The number of nitrogens with one attached hydrogen (secondary N) is 2. The molecule has 6 heteroatoms. The van der Waals surface area contributed by atoms with Crippen LogP contribution in [0.2, 0.25) is 0 Å². The first kappa shape index (κ1) is 21.2. The van der Waals surface area contributed by atoms with Crippen LogP contribution in [0.4, 0.5) is 0 Å². The van der Waals surface area contributed by atoms with Gasteiger partial charge in [0.1, 0.15) is 11.8 Å². The number of amides is 2. The summed E-state index contributed by atoms with van der Waals surface area (Å²) in [4.78, 5) is 27.7. The average Bonchev–Trinajstić information content (AvgIpc) is 2.67. The van der Waals surface area contributed by atoms with Crippen LogP contribution in [0.15, 0.2) is 24.3 Å². The van der Waals surface area contributed by atoms with Crippen LogP contribution in [-0.2, 0) is 4.79 Å². The number of hydrogen-bond acceptors (Lipinski definition) is 4. The van der Waals surface area contributed by atoms with Crippen molar-refractivity contribution < 1.29 is 14.3 Å². The van der Waals surface area contributed by atoms with Crippen molar-refractivity contribution in [3.8, 4) is 5.75 Å². The van der Waals surface area contributed by atoms with E-state index in [0.29, 0.717) is 12.2 Å². The lowest BCUT2D eigenvalue weighted by atomic mass is 10.00. The van der Waals surface area contributed by atoms with Crippen LogP contribution in [-0.4, -0.2) is 55.0 Å². The van der Waals surface area contributed by atoms with Gasteiger partial charge in [0.2, 0.25) is 5.91 Å². The van der Waals surface area contributed by atoms with Gasteiger partial charge in [-0.25, -0.2) is 0 Å². The van der Waals surface area contributed by atoms with E-state index in [-0.39, 0.29) is 23.8 Å². The van der Waals surface area contributed by atoms with Gasteiger partial charge >= 0.3 is 0 Å². The van der Waals surface area contributed by atoms with Crippen molar-refractivity contribution in [2.75, 3.05) is 26.2 Å². The standard InChI is InChI=1S/C21H33N3O3/c1-5-24-13-11-17(12-14-24)22-21(26)19(15(3)4)23-20(25)16-7-9-18(10-8-16)27-6-2/h7-10,15,17,19H,5-6,11-14H2,1-4H3,(H,22,26)(H,23,25). The minimum Gasteiger partial charge on any atom is -0.494 e. The van der Waals surface area contributed by atoms with Crippen molar-refractivity contribution in [1.82, 2.24) is 15.5 Å². The summed E-state index contributed by atoms with van der Waals surface area (Å²) in [5.41, 5.74) is 0.521. The molecule has 0 spiro atoms. The lowest BCUT2D eigenvalue weighted by Crippen LogP contribution is -2.54. The molecule has 0 aliphatic carbocycles. The Morgan fingerprint density at radius 2 is 1.78 bits per heavy atom. The third-order valence-electron chi connectivity index (χ3n) is 5.04. The maximum Gasteiger partial charge on any atom is 0.251 e. The SMILES string of the molecule is CCOc1ccc(C(=O)NC(C(=O)NC2CCN(CC)CC2)C(C)C)cc1. The van der Waals surface area contributed by atoms with E-state index in [0.717, 1.165) is 38.2 Å². The molecule has 1 atom stereocenters. The van der Waals surface area contributed by atoms with Gasteiger partial charge in [-0.3, -0.25) is 9.59 Å². The fourth-order valence-electron chi connectivity index (χ4n) is 3.31. The highest BCUT2D eigenvalue weighted by atomic mass is 16.5. The van der Waals surface area contributed by atoms with Crippen LogP contribution < -0.4 is 15.4 Å². The van der Waals surface area contributed by atoms with Gasteiger partial charge in [-0.2, -0.15) is 0 Å². The zero-order valence-electron chi connectivity index (χ0n) is 17.0. The Balaban J connectivity index is 1.93. The van der Waals surface area contributed by atoms with Crippen LogP contribution in [0.1, 0.15) is 50.9 Å². The summed E-state index contributed by atoms with van der Waals surface area (Å²) in [6.07, 6.45) is 1.91. The van der Waals surface area contributed by atoms with Crippen LogP contribution in [0.3, 0.4) is 0 Å². The lowest BCUT2D eigenvalue weighted by Gasteiger charge is -2.33. The topological polar surface area (TPSA) is 70.7 Å². The van der Waals surface area contributed by atoms with E-state index in [1.165, 1.54) is 0 Å². The summed E-state index contributed by atoms with van der Waals surface area (Å²) in [5.74, 6) is 0.393. The van der Waals surface area contributed by atoms with Crippen molar-refractivity contribution in [1.29, 1.82) is 0 Å². The fourth-order valence-corrected chi connectivity index (χ4v) is 3.31. The van der Waals surface area contributed by atoms with Gasteiger partial charge < -0.3 is 20.3 Å². The highest BCUT2D eigenvalue weighted by Gasteiger charge is 2.28. The molecule has 2 N–H and O–H groups in total. The molecule has 0 radical (unpaired) electrons. The van der Waals surface area contributed by atoms with Crippen molar-refractivity contribution in [2.45, 2.75) is 52.6 Å². The molecule has 27 heavy (non-hydrogen) atoms. The maximum atomic E-state index is 12.8. The number of hydrogen-bond donors (Lipinski definition) is 2. The zero-order valence-corrected chi connectivity index (χ0v) is 17.0. The van der Waals surface area contributed by atoms with E-state index in [1.807, 2.05) is 20.8 Å². The van der Waals surface area contributed by atoms with Gasteiger partial charge in [0.05, 0.1) is 6.61 Å². The summed E-state index contributed by atoms with van der Waals surface area (Å²) in [7, 11) is 0. The molecule has 2 amide bonds. The average molecular weight is 376 g/mol. The molecule has 1 fully saturated rings. The van der Waals surface area contributed by atoms with Crippen LogP contribution in [0.25, 0.3) is 0 Å². The summed E-state index contributed by atoms with van der Waals surface area (Å²) in [6.45, 7) is 11.6. The summed E-state index contributed by atoms with van der Waals surface area (Å²) < 4.78 is 5.40. The molecule has 150 valence electrons. The molecule has 1 heterocycles. The third kappa shape index (κ3) is 6.24. The van der Waals surface area contributed by atoms with E-state index in [1.54, 1.807) is 24.3 Å². The summed E-state index contributed by atoms with van der Waals surface area (Å²) >= 11 is 0. The molecule has 1 aromatic carbocycles. The minimum atomic E-state index is -0.548. The van der Waals surface area contributed by atoms with E-state index < -0.39 is 6.04 Å². The van der Waals surface area contributed by atoms with Gasteiger partial charge in [-0.1, -0.05) is 20.8 Å². The molecule has 0 bridgehead atoms. The normalized spacial score (nSPS) is 16.8. The molecular formula is C21H33N3O3. The van der Waals surface area contributed by atoms with Gasteiger partial charge in [0.15, 0.2) is 0 Å². The second-order valence-electron chi connectivity index (χ2n) is 7.37. The third-order valence-corrected chi connectivity index (χ3v) is 5.04. The number of benzene rings is 1. The smallest absolute Gasteiger partial charge is 0.251 e. The monoisotopic (exact) mass is 375 g/mol. The largest absolute Gasteiger partial charge is 0.494 e. The van der Waals surface area contributed by atoms with E-state index >= 15 is 0 Å². The Morgan fingerprint density at radius 1 is 1.15 bits per heavy atom. The highest BCUT2D eigenvalue weighted by Crippen LogP contribution is 2.14. The van der Waals surface area contributed by atoms with Gasteiger partial charge in [-0.05, 0) is 56.5 Å². The Bertz CT molecular complexity index is 608. The van der Waals surface area contributed by atoms with E-state index in [9.17, 15) is 9.59 Å².